The molecule has 1 N–H and O–H groups in total. The highest BCUT2D eigenvalue weighted by atomic mass is 35.5. The fourth-order valence-electron chi connectivity index (χ4n) is 1.76. The van der Waals surface area contributed by atoms with Crippen molar-refractivity contribution >= 4 is 39.0 Å². The normalized spacial score (nSPS) is 10.8. The smallest absolute Gasteiger partial charge is 0.138 e. The van der Waals surface area contributed by atoms with Crippen LogP contribution in [0.5, 0.6) is 0 Å². The Labute approximate surface area is 118 Å². The van der Waals surface area contributed by atoms with E-state index in [-0.39, 0.29) is 5.82 Å². The van der Waals surface area contributed by atoms with E-state index in [1.54, 1.807) is 12.1 Å². The van der Waals surface area contributed by atoms with Gasteiger partial charge in [-0.1, -0.05) is 23.7 Å². The molecule has 0 amide bonds. The number of fused-ring (bicyclic) bond motifs is 1. The van der Waals surface area contributed by atoms with Gasteiger partial charge in [0.1, 0.15) is 22.8 Å². The molecule has 0 aliphatic rings. The molecule has 0 aliphatic heterocycles. The van der Waals surface area contributed by atoms with E-state index >= 15 is 0 Å². The van der Waals surface area contributed by atoms with Crippen LogP contribution in [0.15, 0.2) is 36.7 Å². The Hall–Kier alpha value is -1.72. The zero-order valence-electron chi connectivity index (χ0n) is 9.73. The Morgan fingerprint density at radius 2 is 2.00 bits per heavy atom. The van der Waals surface area contributed by atoms with Crippen molar-refractivity contribution in [1.82, 2.24) is 9.97 Å². The summed E-state index contributed by atoms with van der Waals surface area (Å²) in [5, 5.41) is 4.11. The van der Waals surface area contributed by atoms with Crippen molar-refractivity contribution in [2.45, 2.75) is 6.54 Å². The SMILES string of the molecule is Fc1ccc(CNc2ncnc3sc(Cl)cc23)cc1. The number of nitrogens with one attached hydrogen (secondary N) is 1. The lowest BCUT2D eigenvalue weighted by atomic mass is 10.2. The predicted octanol–water partition coefficient (Wildman–Crippen LogP) is 4.10. The summed E-state index contributed by atoms with van der Waals surface area (Å²) in [4.78, 5) is 9.22. The van der Waals surface area contributed by atoms with Crippen molar-refractivity contribution in [3.8, 4) is 0 Å². The van der Waals surface area contributed by atoms with E-state index in [1.165, 1.54) is 29.8 Å². The van der Waals surface area contributed by atoms with Gasteiger partial charge in [-0.05, 0) is 23.8 Å². The summed E-state index contributed by atoms with van der Waals surface area (Å²) < 4.78 is 13.5. The highest BCUT2D eigenvalue weighted by molar-refractivity contribution is 7.22. The van der Waals surface area contributed by atoms with Gasteiger partial charge in [0, 0.05) is 6.54 Å². The van der Waals surface area contributed by atoms with Crippen LogP contribution in [0.3, 0.4) is 0 Å². The number of nitrogens with zero attached hydrogens (tertiary/aromatic N) is 2. The van der Waals surface area contributed by atoms with Crippen molar-refractivity contribution in [2.24, 2.45) is 0 Å². The standard InChI is InChI=1S/C13H9ClFN3S/c14-11-5-10-12(17-7-18-13(10)19-11)16-6-8-1-3-9(15)4-2-8/h1-5,7H,6H2,(H,16,17,18). The zero-order chi connectivity index (χ0) is 13.2. The first-order chi connectivity index (χ1) is 9.22. The second-order valence-electron chi connectivity index (χ2n) is 3.97. The van der Waals surface area contributed by atoms with Crippen LogP contribution in [-0.2, 0) is 6.54 Å². The molecule has 0 atom stereocenters. The molecule has 2 aromatic heterocycles. The first-order valence-corrected chi connectivity index (χ1v) is 6.80. The molecule has 3 rings (SSSR count). The topological polar surface area (TPSA) is 37.8 Å². The van der Waals surface area contributed by atoms with Gasteiger partial charge in [-0.2, -0.15) is 0 Å². The van der Waals surface area contributed by atoms with Gasteiger partial charge >= 0.3 is 0 Å². The van der Waals surface area contributed by atoms with Crippen molar-refractivity contribution < 1.29 is 4.39 Å². The molecular weight excluding hydrogens is 285 g/mol. The van der Waals surface area contributed by atoms with Gasteiger partial charge in [0.15, 0.2) is 0 Å². The Morgan fingerprint density at radius 3 is 2.79 bits per heavy atom. The molecule has 0 saturated heterocycles. The molecule has 0 saturated carbocycles. The minimum absolute atomic E-state index is 0.238. The molecule has 0 spiro atoms. The van der Waals surface area contributed by atoms with Crippen LogP contribution in [-0.4, -0.2) is 9.97 Å². The van der Waals surface area contributed by atoms with E-state index in [0.29, 0.717) is 10.9 Å². The second kappa shape index (κ2) is 5.11. The first-order valence-electron chi connectivity index (χ1n) is 5.61. The third-order valence-electron chi connectivity index (χ3n) is 2.67. The van der Waals surface area contributed by atoms with Crippen LogP contribution >= 0.6 is 22.9 Å². The van der Waals surface area contributed by atoms with E-state index < -0.39 is 0 Å². The van der Waals surface area contributed by atoms with Crippen LogP contribution in [0, 0.1) is 5.82 Å². The summed E-state index contributed by atoms with van der Waals surface area (Å²) in [6, 6.07) is 8.19. The Bertz CT molecular complexity index is 711. The molecule has 3 aromatic rings. The Morgan fingerprint density at radius 1 is 1.21 bits per heavy atom. The molecule has 0 fully saturated rings. The average Bonchev–Trinajstić information content (AvgIpc) is 2.79. The van der Waals surface area contributed by atoms with Gasteiger partial charge in [0.2, 0.25) is 0 Å². The van der Waals surface area contributed by atoms with Crippen LogP contribution < -0.4 is 5.32 Å². The summed E-state index contributed by atoms with van der Waals surface area (Å²) in [7, 11) is 0. The average molecular weight is 294 g/mol. The molecule has 0 radical (unpaired) electrons. The fourth-order valence-corrected chi connectivity index (χ4v) is 2.81. The third kappa shape index (κ3) is 2.67. The number of hydrogen-bond donors (Lipinski definition) is 1. The quantitative estimate of drug-likeness (QED) is 0.790. The zero-order valence-corrected chi connectivity index (χ0v) is 11.3. The van der Waals surface area contributed by atoms with Gasteiger partial charge in [-0.25, -0.2) is 14.4 Å². The Kier molecular flexibility index (Phi) is 3.31. The van der Waals surface area contributed by atoms with E-state index in [1.807, 2.05) is 6.07 Å². The maximum Gasteiger partial charge on any atom is 0.138 e. The first kappa shape index (κ1) is 12.3. The lowest BCUT2D eigenvalue weighted by Gasteiger charge is -2.06. The van der Waals surface area contributed by atoms with Gasteiger partial charge in [0.05, 0.1) is 9.72 Å². The molecule has 3 nitrogen and oxygen atoms in total. The number of anilines is 1. The molecule has 2 heterocycles. The van der Waals surface area contributed by atoms with E-state index in [0.717, 1.165) is 21.6 Å². The van der Waals surface area contributed by atoms with Crippen molar-refractivity contribution in [2.75, 3.05) is 5.32 Å². The summed E-state index contributed by atoms with van der Waals surface area (Å²) >= 11 is 7.39. The number of halogens is 2. The predicted molar refractivity (Wildman–Crippen MR) is 76.2 cm³/mol. The van der Waals surface area contributed by atoms with Crippen LogP contribution in [0.25, 0.3) is 10.2 Å². The summed E-state index contributed by atoms with van der Waals surface area (Å²) in [5.41, 5.74) is 0.981. The van der Waals surface area contributed by atoms with Crippen LogP contribution in [0.4, 0.5) is 10.2 Å². The fraction of sp³-hybridized carbons (Fsp3) is 0.0769. The molecule has 0 unspecified atom stereocenters. The number of aromatic nitrogens is 2. The molecular formula is C13H9ClFN3S. The maximum atomic E-state index is 12.8. The highest BCUT2D eigenvalue weighted by Gasteiger charge is 2.07. The summed E-state index contributed by atoms with van der Waals surface area (Å²) in [6.45, 7) is 0.569. The van der Waals surface area contributed by atoms with Crippen molar-refractivity contribution in [3.63, 3.8) is 0 Å². The molecule has 0 aliphatic carbocycles. The van der Waals surface area contributed by atoms with E-state index in [4.69, 9.17) is 11.6 Å². The largest absolute Gasteiger partial charge is 0.365 e. The molecule has 1 aromatic carbocycles. The maximum absolute atomic E-state index is 12.8. The highest BCUT2D eigenvalue weighted by Crippen LogP contribution is 2.31. The number of benzene rings is 1. The number of rotatable bonds is 3. The lowest BCUT2D eigenvalue weighted by Crippen LogP contribution is -2.01. The second-order valence-corrected chi connectivity index (χ2v) is 5.63. The summed E-state index contributed by atoms with van der Waals surface area (Å²) in [6.07, 6.45) is 1.50. The van der Waals surface area contributed by atoms with Gasteiger partial charge in [0.25, 0.3) is 0 Å². The summed E-state index contributed by atoms with van der Waals surface area (Å²) in [5.74, 6) is 0.496. The van der Waals surface area contributed by atoms with Crippen LogP contribution in [0.1, 0.15) is 5.56 Å². The van der Waals surface area contributed by atoms with Crippen molar-refractivity contribution in [3.05, 3.63) is 52.4 Å². The van der Waals surface area contributed by atoms with E-state index in [2.05, 4.69) is 15.3 Å². The van der Waals surface area contributed by atoms with Gasteiger partial charge < -0.3 is 5.32 Å². The van der Waals surface area contributed by atoms with Gasteiger partial charge in [-0.15, -0.1) is 11.3 Å². The molecule has 19 heavy (non-hydrogen) atoms. The Balaban J connectivity index is 1.83. The molecule has 96 valence electrons. The van der Waals surface area contributed by atoms with E-state index in [9.17, 15) is 4.39 Å². The molecule has 6 heteroatoms. The number of thiophene rings is 1. The third-order valence-corrected chi connectivity index (χ3v) is 3.84. The van der Waals surface area contributed by atoms with Crippen LogP contribution in [0.2, 0.25) is 4.34 Å². The van der Waals surface area contributed by atoms with Crippen molar-refractivity contribution in [1.29, 1.82) is 0 Å². The minimum Gasteiger partial charge on any atom is -0.365 e. The lowest BCUT2D eigenvalue weighted by molar-refractivity contribution is 0.627. The monoisotopic (exact) mass is 293 g/mol. The van der Waals surface area contributed by atoms with Gasteiger partial charge in [-0.3, -0.25) is 0 Å². The number of hydrogen-bond acceptors (Lipinski definition) is 4. The molecule has 0 bridgehead atoms. The minimum atomic E-state index is -0.238.